The largest absolute Gasteiger partial charge is 0.312 e. The van der Waals surface area contributed by atoms with Crippen LogP contribution in [0.1, 0.15) is 26.2 Å². The number of nitrogens with zero attached hydrogens (tertiary/aromatic N) is 2. The molecule has 0 spiro atoms. The molecule has 0 aliphatic carbocycles. The van der Waals surface area contributed by atoms with Crippen molar-refractivity contribution in [1.82, 2.24) is 15.1 Å². The Balaban J connectivity index is 1.76. The summed E-state index contributed by atoms with van der Waals surface area (Å²) in [5, 5.41) is 3.63. The highest BCUT2D eigenvalue weighted by Gasteiger charge is 2.27. The summed E-state index contributed by atoms with van der Waals surface area (Å²) in [6.07, 6.45) is 4.04. The first-order valence-electron chi connectivity index (χ1n) is 6.79. The van der Waals surface area contributed by atoms with Crippen molar-refractivity contribution in [1.29, 1.82) is 0 Å². The molecule has 0 saturated carbocycles. The number of hydrogen-bond acceptors (Lipinski definition) is 3. The molecule has 0 amide bonds. The fraction of sp³-hybridized carbons (Fsp3) is 1.00. The minimum atomic E-state index is 0.727. The van der Waals surface area contributed by atoms with Gasteiger partial charge in [-0.1, -0.05) is 6.92 Å². The van der Waals surface area contributed by atoms with Gasteiger partial charge in [-0.05, 0) is 58.9 Å². The van der Waals surface area contributed by atoms with Crippen LogP contribution in [0, 0.1) is 5.92 Å². The minimum absolute atomic E-state index is 0.727. The van der Waals surface area contributed by atoms with Gasteiger partial charge in [0.25, 0.3) is 0 Å². The zero-order chi connectivity index (χ0) is 11.5. The van der Waals surface area contributed by atoms with Crippen molar-refractivity contribution in [2.24, 2.45) is 5.92 Å². The minimum Gasteiger partial charge on any atom is -0.312 e. The van der Waals surface area contributed by atoms with E-state index in [9.17, 15) is 0 Å². The third kappa shape index (κ3) is 2.96. The normalized spacial score (nSPS) is 33.8. The lowest BCUT2D eigenvalue weighted by atomic mass is 10.00. The molecule has 2 rings (SSSR count). The molecule has 0 aromatic rings. The first-order valence-corrected chi connectivity index (χ1v) is 6.79. The highest BCUT2D eigenvalue weighted by Crippen LogP contribution is 2.19. The first kappa shape index (κ1) is 12.3. The number of nitrogens with one attached hydrogen (secondary N) is 1. The zero-order valence-corrected chi connectivity index (χ0v) is 11.1. The number of likely N-dealkylation sites (N-methyl/N-ethyl adjacent to an activating group) is 1. The average molecular weight is 225 g/mol. The van der Waals surface area contributed by atoms with Crippen molar-refractivity contribution >= 4 is 0 Å². The fourth-order valence-electron chi connectivity index (χ4n) is 3.04. The van der Waals surface area contributed by atoms with Gasteiger partial charge in [-0.2, -0.15) is 0 Å². The van der Waals surface area contributed by atoms with Gasteiger partial charge in [-0.15, -0.1) is 0 Å². The Labute approximate surface area is 100 Å². The van der Waals surface area contributed by atoms with Crippen molar-refractivity contribution in [3.63, 3.8) is 0 Å². The Kier molecular flexibility index (Phi) is 4.22. The molecule has 2 heterocycles. The second-order valence-electron chi connectivity index (χ2n) is 5.80. The lowest BCUT2D eigenvalue weighted by molar-refractivity contribution is 0.132. The van der Waals surface area contributed by atoms with Crippen LogP contribution in [0.3, 0.4) is 0 Å². The van der Waals surface area contributed by atoms with Crippen LogP contribution in [-0.2, 0) is 0 Å². The number of piperidine rings is 1. The molecule has 0 radical (unpaired) electrons. The molecule has 2 fully saturated rings. The van der Waals surface area contributed by atoms with Gasteiger partial charge < -0.3 is 15.1 Å². The van der Waals surface area contributed by atoms with E-state index in [1.54, 1.807) is 0 Å². The molecular formula is C13H27N3. The summed E-state index contributed by atoms with van der Waals surface area (Å²) in [5.74, 6) is 0.855. The van der Waals surface area contributed by atoms with E-state index in [4.69, 9.17) is 0 Å². The molecule has 94 valence electrons. The summed E-state index contributed by atoms with van der Waals surface area (Å²) < 4.78 is 0. The molecule has 0 aromatic carbocycles. The van der Waals surface area contributed by atoms with Crippen molar-refractivity contribution < 1.29 is 0 Å². The molecule has 1 N–H and O–H groups in total. The molecule has 3 heteroatoms. The fourth-order valence-corrected chi connectivity index (χ4v) is 3.04. The third-order valence-electron chi connectivity index (χ3n) is 4.49. The van der Waals surface area contributed by atoms with E-state index >= 15 is 0 Å². The van der Waals surface area contributed by atoms with E-state index in [1.165, 1.54) is 45.4 Å². The van der Waals surface area contributed by atoms with E-state index in [-0.39, 0.29) is 0 Å². The molecule has 2 aliphatic heterocycles. The maximum Gasteiger partial charge on any atom is 0.0221 e. The van der Waals surface area contributed by atoms with E-state index in [0.29, 0.717) is 0 Å². The van der Waals surface area contributed by atoms with E-state index in [1.807, 2.05) is 0 Å². The van der Waals surface area contributed by atoms with Gasteiger partial charge in [0.1, 0.15) is 0 Å². The maximum atomic E-state index is 3.63. The summed E-state index contributed by atoms with van der Waals surface area (Å²) >= 11 is 0. The molecule has 2 unspecified atom stereocenters. The zero-order valence-electron chi connectivity index (χ0n) is 11.1. The van der Waals surface area contributed by atoms with Crippen LogP contribution in [0.5, 0.6) is 0 Å². The van der Waals surface area contributed by atoms with Crippen LogP contribution < -0.4 is 5.32 Å². The molecule has 0 bridgehead atoms. The monoisotopic (exact) mass is 225 g/mol. The van der Waals surface area contributed by atoms with Gasteiger partial charge >= 0.3 is 0 Å². The van der Waals surface area contributed by atoms with Crippen molar-refractivity contribution in [2.75, 3.05) is 40.3 Å². The van der Waals surface area contributed by atoms with Gasteiger partial charge in [0.2, 0.25) is 0 Å². The second kappa shape index (κ2) is 5.48. The van der Waals surface area contributed by atoms with Crippen LogP contribution in [0.2, 0.25) is 0 Å². The van der Waals surface area contributed by atoms with Gasteiger partial charge in [0, 0.05) is 18.6 Å². The Bertz CT molecular complexity index is 211. The number of rotatable bonds is 3. The Hall–Kier alpha value is -0.120. The predicted octanol–water partition coefficient (Wildman–Crippen LogP) is 1.01. The Morgan fingerprint density at radius 2 is 1.94 bits per heavy atom. The lowest BCUT2D eigenvalue weighted by Gasteiger charge is -2.36. The van der Waals surface area contributed by atoms with E-state index in [2.05, 4.69) is 36.1 Å². The van der Waals surface area contributed by atoms with Crippen LogP contribution >= 0.6 is 0 Å². The maximum absolute atomic E-state index is 3.63. The molecular weight excluding hydrogens is 198 g/mol. The molecule has 0 aromatic heterocycles. The summed E-state index contributed by atoms with van der Waals surface area (Å²) in [7, 11) is 4.54. The smallest absolute Gasteiger partial charge is 0.0221 e. The Morgan fingerprint density at radius 1 is 1.25 bits per heavy atom. The first-order chi connectivity index (χ1) is 7.66. The van der Waals surface area contributed by atoms with E-state index < -0.39 is 0 Å². The highest BCUT2D eigenvalue weighted by atomic mass is 15.2. The lowest BCUT2D eigenvalue weighted by Crippen LogP contribution is -2.47. The predicted molar refractivity (Wildman–Crippen MR) is 68.7 cm³/mol. The summed E-state index contributed by atoms with van der Waals surface area (Å²) in [6.45, 7) is 7.36. The van der Waals surface area contributed by atoms with Gasteiger partial charge in [-0.3, -0.25) is 0 Å². The Morgan fingerprint density at radius 3 is 2.50 bits per heavy atom. The molecule has 3 nitrogen and oxygen atoms in total. The SMILES string of the molecule is CC1CCNC1CN(C)C1CCN(C)CC1. The summed E-state index contributed by atoms with van der Waals surface area (Å²) in [6, 6.07) is 1.54. The van der Waals surface area contributed by atoms with Crippen LogP contribution in [0.4, 0.5) is 0 Å². The van der Waals surface area contributed by atoms with Crippen LogP contribution in [0.15, 0.2) is 0 Å². The van der Waals surface area contributed by atoms with E-state index in [0.717, 1.165) is 18.0 Å². The highest BCUT2D eigenvalue weighted by molar-refractivity contribution is 4.86. The molecule has 16 heavy (non-hydrogen) atoms. The molecule has 2 saturated heterocycles. The van der Waals surface area contributed by atoms with Crippen molar-refractivity contribution in [3.8, 4) is 0 Å². The topological polar surface area (TPSA) is 18.5 Å². The number of hydrogen-bond donors (Lipinski definition) is 1. The van der Waals surface area contributed by atoms with Gasteiger partial charge in [0.05, 0.1) is 0 Å². The second-order valence-corrected chi connectivity index (χ2v) is 5.80. The summed E-state index contributed by atoms with van der Waals surface area (Å²) in [4.78, 5) is 5.03. The average Bonchev–Trinajstić information content (AvgIpc) is 2.65. The quantitative estimate of drug-likeness (QED) is 0.773. The molecule has 2 atom stereocenters. The third-order valence-corrected chi connectivity index (χ3v) is 4.49. The van der Waals surface area contributed by atoms with Crippen LogP contribution in [0.25, 0.3) is 0 Å². The van der Waals surface area contributed by atoms with Gasteiger partial charge in [0.15, 0.2) is 0 Å². The number of likely N-dealkylation sites (tertiary alicyclic amines) is 1. The summed E-state index contributed by atoms with van der Waals surface area (Å²) in [5.41, 5.74) is 0. The molecule has 2 aliphatic rings. The standard InChI is InChI=1S/C13H27N3/c1-11-4-7-14-13(11)10-16(3)12-5-8-15(2)9-6-12/h11-14H,4-10H2,1-3H3. The van der Waals surface area contributed by atoms with Crippen molar-refractivity contribution in [3.05, 3.63) is 0 Å². The van der Waals surface area contributed by atoms with Gasteiger partial charge in [-0.25, -0.2) is 0 Å². The van der Waals surface area contributed by atoms with Crippen molar-refractivity contribution in [2.45, 2.75) is 38.3 Å². The van der Waals surface area contributed by atoms with Crippen LogP contribution in [-0.4, -0.2) is 62.2 Å².